The van der Waals surface area contributed by atoms with E-state index in [4.69, 9.17) is 9.84 Å². The Morgan fingerprint density at radius 3 is 3.11 bits per heavy atom. The summed E-state index contributed by atoms with van der Waals surface area (Å²) >= 11 is 0. The normalized spacial score (nSPS) is 16.6. The van der Waals surface area contributed by atoms with Crippen molar-refractivity contribution in [1.82, 2.24) is 5.32 Å². The van der Waals surface area contributed by atoms with Gasteiger partial charge in [-0.3, -0.25) is 4.79 Å². The van der Waals surface area contributed by atoms with Crippen LogP contribution in [-0.4, -0.2) is 48.0 Å². The average molecular weight is 266 g/mol. The van der Waals surface area contributed by atoms with Crippen molar-refractivity contribution in [2.75, 3.05) is 31.6 Å². The van der Waals surface area contributed by atoms with E-state index in [2.05, 4.69) is 10.6 Å². The molecule has 0 aliphatic carbocycles. The molecule has 0 spiro atoms. The number of rotatable bonds is 4. The predicted molar refractivity (Wildman–Crippen MR) is 70.5 cm³/mol. The number of ether oxygens (including phenoxy) is 1. The molecule has 1 aliphatic heterocycles. The van der Waals surface area contributed by atoms with Crippen LogP contribution in [0, 0.1) is 0 Å². The first kappa shape index (κ1) is 13.6. The maximum Gasteiger partial charge on any atom is 0.255 e. The number of aliphatic hydroxyl groups is 2. The fourth-order valence-corrected chi connectivity index (χ4v) is 1.77. The Morgan fingerprint density at radius 1 is 1.58 bits per heavy atom. The maximum atomic E-state index is 12.1. The third-order valence-electron chi connectivity index (χ3n) is 2.89. The standard InChI is InChI=1S/C13H18N2O4/c1-13(18,8-16)7-15-12(17)9-3-2-4-10-11(9)19-6-5-14-10/h2-4,14,16,18H,5-8H2,1H3,(H,15,17). The van der Waals surface area contributed by atoms with E-state index in [-0.39, 0.29) is 12.5 Å². The molecule has 19 heavy (non-hydrogen) atoms. The highest BCUT2D eigenvalue weighted by atomic mass is 16.5. The topological polar surface area (TPSA) is 90.8 Å². The average Bonchev–Trinajstić information content (AvgIpc) is 2.44. The zero-order valence-electron chi connectivity index (χ0n) is 10.8. The summed E-state index contributed by atoms with van der Waals surface area (Å²) in [4.78, 5) is 12.1. The van der Waals surface area contributed by atoms with Gasteiger partial charge in [0.15, 0.2) is 5.75 Å². The van der Waals surface area contributed by atoms with Gasteiger partial charge in [-0.2, -0.15) is 0 Å². The Bertz CT molecular complexity index is 474. The lowest BCUT2D eigenvalue weighted by Gasteiger charge is -2.23. The van der Waals surface area contributed by atoms with E-state index in [9.17, 15) is 9.90 Å². The van der Waals surface area contributed by atoms with Crippen LogP contribution in [0.4, 0.5) is 5.69 Å². The summed E-state index contributed by atoms with van der Waals surface area (Å²) in [6.45, 7) is 2.21. The summed E-state index contributed by atoms with van der Waals surface area (Å²) in [6, 6.07) is 5.27. The lowest BCUT2D eigenvalue weighted by Crippen LogP contribution is -2.43. The SMILES string of the molecule is CC(O)(CO)CNC(=O)c1cccc2c1OCCN2. The van der Waals surface area contributed by atoms with E-state index in [1.54, 1.807) is 12.1 Å². The minimum absolute atomic E-state index is 0.0283. The van der Waals surface area contributed by atoms with Crippen LogP contribution < -0.4 is 15.4 Å². The maximum absolute atomic E-state index is 12.1. The van der Waals surface area contributed by atoms with Crippen LogP contribution in [0.2, 0.25) is 0 Å². The van der Waals surface area contributed by atoms with Crippen molar-refractivity contribution in [2.45, 2.75) is 12.5 Å². The highest BCUT2D eigenvalue weighted by Gasteiger charge is 2.23. The van der Waals surface area contributed by atoms with Crippen molar-refractivity contribution in [2.24, 2.45) is 0 Å². The first-order valence-electron chi connectivity index (χ1n) is 6.14. The van der Waals surface area contributed by atoms with E-state index in [0.717, 1.165) is 5.69 Å². The molecule has 6 nitrogen and oxygen atoms in total. The largest absolute Gasteiger partial charge is 0.489 e. The molecule has 1 heterocycles. The molecule has 2 rings (SSSR count). The van der Waals surface area contributed by atoms with Crippen LogP contribution in [-0.2, 0) is 0 Å². The second kappa shape index (κ2) is 5.46. The number of fused-ring (bicyclic) bond motifs is 1. The smallest absolute Gasteiger partial charge is 0.255 e. The number of amides is 1. The lowest BCUT2D eigenvalue weighted by atomic mass is 10.1. The summed E-state index contributed by atoms with van der Waals surface area (Å²) in [5.41, 5.74) is -0.130. The third-order valence-corrected chi connectivity index (χ3v) is 2.89. The van der Waals surface area contributed by atoms with Crippen molar-refractivity contribution in [3.63, 3.8) is 0 Å². The highest BCUT2D eigenvalue weighted by Crippen LogP contribution is 2.31. The quantitative estimate of drug-likeness (QED) is 0.614. The molecule has 1 atom stereocenters. The number of nitrogens with one attached hydrogen (secondary N) is 2. The molecule has 1 aromatic rings. The number of hydrogen-bond acceptors (Lipinski definition) is 5. The first-order valence-corrected chi connectivity index (χ1v) is 6.14. The minimum Gasteiger partial charge on any atom is -0.489 e. The molecule has 104 valence electrons. The number of benzene rings is 1. The number of hydrogen-bond donors (Lipinski definition) is 4. The molecule has 0 saturated heterocycles. The van der Waals surface area contributed by atoms with Gasteiger partial charge in [-0.05, 0) is 19.1 Å². The predicted octanol–water partition coefficient (Wildman–Crippen LogP) is -0.0360. The molecule has 1 aromatic carbocycles. The Kier molecular flexibility index (Phi) is 3.92. The summed E-state index contributed by atoms with van der Waals surface area (Å²) < 4.78 is 5.50. The number of aliphatic hydroxyl groups excluding tert-OH is 1. The second-order valence-electron chi connectivity index (χ2n) is 4.80. The van der Waals surface area contributed by atoms with Crippen LogP contribution in [0.5, 0.6) is 5.75 Å². The molecule has 1 amide bonds. The summed E-state index contributed by atoms with van der Waals surface area (Å²) in [5, 5.41) is 24.3. The van der Waals surface area contributed by atoms with Gasteiger partial charge in [0.05, 0.1) is 17.9 Å². The molecule has 0 bridgehead atoms. The zero-order chi connectivity index (χ0) is 13.9. The second-order valence-corrected chi connectivity index (χ2v) is 4.80. The fraction of sp³-hybridized carbons (Fsp3) is 0.462. The zero-order valence-corrected chi connectivity index (χ0v) is 10.8. The van der Waals surface area contributed by atoms with Gasteiger partial charge in [0.1, 0.15) is 12.2 Å². The lowest BCUT2D eigenvalue weighted by molar-refractivity contribution is 0.00317. The van der Waals surface area contributed by atoms with Gasteiger partial charge >= 0.3 is 0 Å². The fourth-order valence-electron chi connectivity index (χ4n) is 1.77. The van der Waals surface area contributed by atoms with E-state index in [1.165, 1.54) is 6.92 Å². The van der Waals surface area contributed by atoms with Crippen molar-refractivity contribution in [3.8, 4) is 5.75 Å². The molecule has 0 radical (unpaired) electrons. The van der Waals surface area contributed by atoms with Gasteiger partial charge in [0, 0.05) is 13.1 Å². The van der Waals surface area contributed by atoms with Gasteiger partial charge in [-0.1, -0.05) is 6.07 Å². The summed E-state index contributed by atoms with van der Waals surface area (Å²) in [7, 11) is 0. The molecule has 0 saturated carbocycles. The van der Waals surface area contributed by atoms with E-state index in [1.807, 2.05) is 6.07 Å². The van der Waals surface area contributed by atoms with Crippen molar-refractivity contribution < 1.29 is 19.7 Å². The van der Waals surface area contributed by atoms with E-state index >= 15 is 0 Å². The van der Waals surface area contributed by atoms with Gasteiger partial charge in [-0.15, -0.1) is 0 Å². The molecular formula is C13H18N2O4. The van der Waals surface area contributed by atoms with Crippen LogP contribution >= 0.6 is 0 Å². The van der Waals surface area contributed by atoms with Crippen LogP contribution in [0.25, 0.3) is 0 Å². The highest BCUT2D eigenvalue weighted by molar-refractivity contribution is 5.99. The van der Waals surface area contributed by atoms with Gasteiger partial charge < -0.3 is 25.6 Å². The van der Waals surface area contributed by atoms with Gasteiger partial charge in [0.25, 0.3) is 5.91 Å². The molecule has 0 aromatic heterocycles. The van der Waals surface area contributed by atoms with Crippen LogP contribution in [0.1, 0.15) is 17.3 Å². The number of anilines is 1. The molecule has 1 unspecified atom stereocenters. The van der Waals surface area contributed by atoms with E-state index in [0.29, 0.717) is 24.5 Å². The number of carbonyl (C=O) groups is 1. The molecule has 1 aliphatic rings. The summed E-state index contributed by atoms with van der Waals surface area (Å²) in [5.74, 6) is 0.184. The minimum atomic E-state index is -1.33. The third kappa shape index (κ3) is 3.15. The number of carbonyl (C=O) groups excluding carboxylic acids is 1. The molecule has 4 N–H and O–H groups in total. The number of para-hydroxylation sites is 1. The first-order chi connectivity index (χ1) is 9.03. The van der Waals surface area contributed by atoms with Gasteiger partial charge in [0.2, 0.25) is 0 Å². The summed E-state index contributed by atoms with van der Waals surface area (Å²) in [6.07, 6.45) is 0. The molecule has 6 heteroatoms. The Balaban J connectivity index is 2.11. The van der Waals surface area contributed by atoms with Crippen LogP contribution in [0.15, 0.2) is 18.2 Å². The monoisotopic (exact) mass is 266 g/mol. The Labute approximate surface area is 111 Å². The molecule has 0 fully saturated rings. The van der Waals surface area contributed by atoms with E-state index < -0.39 is 12.2 Å². The van der Waals surface area contributed by atoms with Crippen molar-refractivity contribution >= 4 is 11.6 Å². The van der Waals surface area contributed by atoms with Crippen LogP contribution in [0.3, 0.4) is 0 Å². The van der Waals surface area contributed by atoms with Gasteiger partial charge in [-0.25, -0.2) is 0 Å². The van der Waals surface area contributed by atoms with Crippen molar-refractivity contribution in [3.05, 3.63) is 23.8 Å². The Morgan fingerprint density at radius 2 is 2.37 bits per heavy atom. The van der Waals surface area contributed by atoms with Crippen molar-refractivity contribution in [1.29, 1.82) is 0 Å². The molecular weight excluding hydrogens is 248 g/mol. The Hall–Kier alpha value is -1.79.